The SMILES string of the molecule is NC(=O)C1CN(c2ccc(C3=CCS(=O)CC3)c(F)c2)C(=O)O1. The third-order valence-electron chi connectivity index (χ3n) is 3.85. The van der Waals surface area contributed by atoms with E-state index in [1.807, 2.05) is 0 Å². The Morgan fingerprint density at radius 2 is 2.22 bits per heavy atom. The van der Waals surface area contributed by atoms with E-state index in [0.717, 1.165) is 5.57 Å². The van der Waals surface area contributed by atoms with Crippen molar-refractivity contribution in [3.8, 4) is 0 Å². The lowest BCUT2D eigenvalue weighted by atomic mass is 10.0. The van der Waals surface area contributed by atoms with Crippen LogP contribution >= 0.6 is 0 Å². The number of anilines is 1. The Kier molecular flexibility index (Phi) is 4.16. The van der Waals surface area contributed by atoms with E-state index in [1.165, 1.54) is 11.0 Å². The van der Waals surface area contributed by atoms with Crippen molar-refractivity contribution in [1.82, 2.24) is 0 Å². The smallest absolute Gasteiger partial charge is 0.415 e. The van der Waals surface area contributed by atoms with Gasteiger partial charge in [0.15, 0.2) is 6.10 Å². The van der Waals surface area contributed by atoms with Crippen molar-refractivity contribution in [3.05, 3.63) is 35.7 Å². The summed E-state index contributed by atoms with van der Waals surface area (Å²) in [6.45, 7) is -0.0331. The van der Waals surface area contributed by atoms with E-state index in [4.69, 9.17) is 10.5 Å². The number of hydrogen-bond acceptors (Lipinski definition) is 4. The van der Waals surface area contributed by atoms with Gasteiger partial charge < -0.3 is 10.5 Å². The molecule has 1 aromatic rings. The lowest BCUT2D eigenvalue weighted by Crippen LogP contribution is -2.32. The molecule has 0 bridgehead atoms. The van der Waals surface area contributed by atoms with Crippen LogP contribution in [0.4, 0.5) is 14.9 Å². The van der Waals surface area contributed by atoms with Gasteiger partial charge in [-0.05, 0) is 30.2 Å². The van der Waals surface area contributed by atoms with Gasteiger partial charge in [0.2, 0.25) is 0 Å². The van der Waals surface area contributed by atoms with Crippen LogP contribution < -0.4 is 10.6 Å². The lowest BCUT2D eigenvalue weighted by Gasteiger charge is -2.17. The van der Waals surface area contributed by atoms with Crippen LogP contribution in [0.25, 0.3) is 5.57 Å². The number of halogens is 1. The maximum Gasteiger partial charge on any atom is 0.415 e. The summed E-state index contributed by atoms with van der Waals surface area (Å²) in [5, 5.41) is 0. The van der Waals surface area contributed by atoms with Gasteiger partial charge >= 0.3 is 6.09 Å². The molecule has 0 aromatic heterocycles. The van der Waals surface area contributed by atoms with Crippen LogP contribution in [0.3, 0.4) is 0 Å². The van der Waals surface area contributed by atoms with Crippen LogP contribution in [0.15, 0.2) is 24.3 Å². The number of benzene rings is 1. The molecule has 1 aromatic carbocycles. The number of nitrogens with two attached hydrogens (primary N) is 1. The number of cyclic esters (lactones) is 1. The number of rotatable bonds is 3. The molecule has 2 aliphatic heterocycles. The number of hydrogen-bond donors (Lipinski definition) is 1. The Labute approximate surface area is 134 Å². The minimum atomic E-state index is -1.03. The second kappa shape index (κ2) is 6.11. The minimum absolute atomic E-state index is 0.0331. The first kappa shape index (κ1) is 15.7. The van der Waals surface area contributed by atoms with Gasteiger partial charge in [0, 0.05) is 27.9 Å². The maximum absolute atomic E-state index is 14.4. The fraction of sp³-hybridized carbons (Fsp3) is 0.333. The zero-order valence-corrected chi connectivity index (χ0v) is 13.0. The Bertz CT molecular complexity index is 734. The van der Waals surface area contributed by atoms with Crippen LogP contribution in [0.1, 0.15) is 12.0 Å². The quantitative estimate of drug-likeness (QED) is 0.896. The number of carbonyl (C=O) groups is 2. The van der Waals surface area contributed by atoms with E-state index in [-0.39, 0.29) is 6.54 Å². The molecule has 0 spiro atoms. The molecule has 6 nitrogen and oxygen atoms in total. The molecule has 122 valence electrons. The summed E-state index contributed by atoms with van der Waals surface area (Å²) in [4.78, 5) is 24.0. The molecule has 2 unspecified atom stereocenters. The molecule has 3 rings (SSSR count). The zero-order chi connectivity index (χ0) is 16.6. The van der Waals surface area contributed by atoms with E-state index in [2.05, 4.69) is 0 Å². The van der Waals surface area contributed by atoms with Crippen molar-refractivity contribution in [2.24, 2.45) is 5.73 Å². The van der Waals surface area contributed by atoms with Gasteiger partial charge in [0.05, 0.1) is 12.2 Å². The molecule has 1 fully saturated rings. The fourth-order valence-electron chi connectivity index (χ4n) is 2.60. The average molecular weight is 338 g/mol. The van der Waals surface area contributed by atoms with Gasteiger partial charge in [-0.15, -0.1) is 0 Å². The van der Waals surface area contributed by atoms with Crippen molar-refractivity contribution in [2.75, 3.05) is 23.0 Å². The Hall–Kier alpha value is -2.22. The maximum atomic E-state index is 14.4. The number of ether oxygens (including phenoxy) is 1. The topological polar surface area (TPSA) is 89.7 Å². The molecule has 0 aliphatic carbocycles. The number of allylic oxidation sites excluding steroid dienone is 1. The summed E-state index contributed by atoms with van der Waals surface area (Å²) < 4.78 is 30.6. The molecule has 2 atom stereocenters. The summed E-state index contributed by atoms with van der Waals surface area (Å²) in [6.07, 6.45) is 0.582. The Morgan fingerprint density at radius 3 is 2.78 bits per heavy atom. The monoisotopic (exact) mass is 338 g/mol. The molecule has 2 amide bonds. The van der Waals surface area contributed by atoms with Crippen molar-refractivity contribution in [3.63, 3.8) is 0 Å². The van der Waals surface area contributed by atoms with Crippen LogP contribution in [-0.2, 0) is 20.3 Å². The number of amides is 2. The molecule has 2 heterocycles. The number of primary amides is 1. The van der Waals surface area contributed by atoms with Crippen molar-refractivity contribution in [2.45, 2.75) is 12.5 Å². The van der Waals surface area contributed by atoms with Crippen molar-refractivity contribution in [1.29, 1.82) is 0 Å². The largest absolute Gasteiger partial charge is 0.434 e. The molecule has 23 heavy (non-hydrogen) atoms. The third-order valence-corrected chi connectivity index (χ3v) is 5.05. The van der Waals surface area contributed by atoms with Gasteiger partial charge in [0.1, 0.15) is 5.82 Å². The van der Waals surface area contributed by atoms with E-state index >= 15 is 0 Å². The van der Waals surface area contributed by atoms with E-state index in [1.54, 1.807) is 18.2 Å². The molecular weight excluding hydrogens is 323 g/mol. The summed E-state index contributed by atoms with van der Waals surface area (Å²) in [6, 6.07) is 4.40. The fourth-order valence-corrected chi connectivity index (χ4v) is 3.60. The highest BCUT2D eigenvalue weighted by molar-refractivity contribution is 7.85. The number of carbonyl (C=O) groups excluding carboxylic acids is 2. The second-order valence-corrected chi connectivity index (χ2v) is 6.96. The van der Waals surface area contributed by atoms with Gasteiger partial charge in [0.25, 0.3) is 5.91 Å². The molecule has 0 radical (unpaired) electrons. The predicted molar refractivity (Wildman–Crippen MR) is 83.7 cm³/mol. The average Bonchev–Trinajstić information content (AvgIpc) is 2.90. The minimum Gasteiger partial charge on any atom is -0.434 e. The van der Waals surface area contributed by atoms with Gasteiger partial charge in [-0.25, -0.2) is 9.18 Å². The van der Waals surface area contributed by atoms with Crippen LogP contribution in [0.5, 0.6) is 0 Å². The van der Waals surface area contributed by atoms with Crippen LogP contribution in [0.2, 0.25) is 0 Å². The molecule has 2 N–H and O–H groups in total. The highest BCUT2D eigenvalue weighted by atomic mass is 32.2. The molecule has 8 heteroatoms. The predicted octanol–water partition coefficient (Wildman–Crippen LogP) is 1.17. The highest BCUT2D eigenvalue weighted by Crippen LogP contribution is 2.29. The lowest BCUT2D eigenvalue weighted by molar-refractivity contribution is -0.124. The van der Waals surface area contributed by atoms with Crippen LogP contribution in [0, 0.1) is 5.82 Å². The molecular formula is C15H15FN2O4S. The second-order valence-electron chi connectivity index (χ2n) is 5.34. The first-order valence-corrected chi connectivity index (χ1v) is 8.56. The Morgan fingerprint density at radius 1 is 1.43 bits per heavy atom. The van der Waals surface area contributed by atoms with Crippen molar-refractivity contribution < 1.29 is 22.9 Å². The third kappa shape index (κ3) is 3.12. The number of nitrogens with zero attached hydrogens (tertiary/aromatic N) is 1. The molecule has 2 aliphatic rings. The first-order valence-electron chi connectivity index (χ1n) is 7.07. The van der Waals surface area contributed by atoms with Crippen molar-refractivity contribution >= 4 is 34.1 Å². The first-order chi connectivity index (χ1) is 11.0. The zero-order valence-electron chi connectivity index (χ0n) is 12.2. The normalized spacial score (nSPS) is 24.3. The van der Waals surface area contributed by atoms with E-state index in [9.17, 15) is 18.2 Å². The van der Waals surface area contributed by atoms with Gasteiger partial charge in [-0.2, -0.15) is 0 Å². The Balaban J connectivity index is 1.84. The molecule has 1 saturated heterocycles. The summed E-state index contributed by atoms with van der Waals surface area (Å²) in [5.74, 6) is -0.267. The van der Waals surface area contributed by atoms with Crippen LogP contribution in [-0.4, -0.2) is 40.4 Å². The highest BCUT2D eigenvalue weighted by Gasteiger charge is 2.36. The van der Waals surface area contributed by atoms with Gasteiger partial charge in [-0.3, -0.25) is 13.9 Å². The van der Waals surface area contributed by atoms with E-state index < -0.39 is 34.7 Å². The summed E-state index contributed by atoms with van der Waals surface area (Å²) in [7, 11) is -0.873. The standard InChI is InChI=1S/C15H15FN2O4S/c16-12-7-10(18-8-13(14(17)19)22-15(18)20)1-2-11(12)9-3-5-23(21)6-4-9/h1-3,7,13H,4-6,8H2,(H2,17,19). The summed E-state index contributed by atoms with van der Waals surface area (Å²) >= 11 is 0. The van der Waals surface area contributed by atoms with E-state index in [0.29, 0.717) is 29.2 Å². The summed E-state index contributed by atoms with van der Waals surface area (Å²) in [5.41, 5.74) is 6.67. The molecule has 0 saturated carbocycles. The van der Waals surface area contributed by atoms with Gasteiger partial charge in [-0.1, -0.05) is 6.08 Å².